The Morgan fingerprint density at radius 2 is 2.18 bits per heavy atom. The van der Waals surface area contributed by atoms with Gasteiger partial charge in [-0.05, 0) is 6.42 Å². The summed E-state index contributed by atoms with van der Waals surface area (Å²) in [6.07, 6.45) is -3.88. The monoisotopic (exact) mass is 267 g/mol. The second-order valence-corrected chi connectivity index (χ2v) is 3.99. The van der Waals surface area contributed by atoms with Crippen LogP contribution in [0.15, 0.2) is 6.07 Å². The Morgan fingerprint density at radius 3 is 2.76 bits per heavy atom. The maximum atomic E-state index is 12.4. The number of ether oxygens (including phenoxy) is 1. The van der Waals surface area contributed by atoms with E-state index in [1.165, 1.54) is 6.07 Å². The van der Waals surface area contributed by atoms with Gasteiger partial charge in [0.2, 0.25) is 5.82 Å². The maximum absolute atomic E-state index is 12.4. The minimum atomic E-state index is -4.60. The average Bonchev–Trinajstić information content (AvgIpc) is 2.68. The number of hydrogen-bond donors (Lipinski definition) is 1. The van der Waals surface area contributed by atoms with Crippen LogP contribution >= 0.6 is 11.6 Å². The van der Waals surface area contributed by atoms with E-state index >= 15 is 0 Å². The molecule has 0 radical (unpaired) electrons. The number of anilines is 1. The molecular weight excluding hydrogens is 259 g/mol. The molecule has 1 atom stereocenters. The van der Waals surface area contributed by atoms with Crippen LogP contribution in [0.25, 0.3) is 0 Å². The molecule has 1 N–H and O–H groups in total. The molecule has 1 aromatic rings. The Hall–Kier alpha value is -1.08. The van der Waals surface area contributed by atoms with Gasteiger partial charge in [-0.2, -0.15) is 13.2 Å². The summed E-state index contributed by atoms with van der Waals surface area (Å²) in [5, 5.41) is 2.59. The summed E-state index contributed by atoms with van der Waals surface area (Å²) in [4.78, 5) is 6.52. The predicted molar refractivity (Wildman–Crippen MR) is 54.9 cm³/mol. The lowest BCUT2D eigenvalue weighted by atomic mass is 10.2. The Kier molecular flexibility index (Phi) is 3.39. The van der Waals surface area contributed by atoms with E-state index in [0.717, 1.165) is 6.42 Å². The molecule has 2 heterocycles. The molecule has 0 amide bonds. The van der Waals surface area contributed by atoms with Crippen LogP contribution in [0.2, 0.25) is 5.15 Å². The molecule has 17 heavy (non-hydrogen) atoms. The highest BCUT2D eigenvalue weighted by Crippen LogP contribution is 2.28. The van der Waals surface area contributed by atoms with Gasteiger partial charge in [-0.1, -0.05) is 11.6 Å². The van der Waals surface area contributed by atoms with Gasteiger partial charge in [0.05, 0.1) is 12.6 Å². The average molecular weight is 268 g/mol. The van der Waals surface area contributed by atoms with Crippen molar-refractivity contribution < 1.29 is 17.9 Å². The molecule has 1 saturated heterocycles. The van der Waals surface area contributed by atoms with Crippen LogP contribution in [0.3, 0.4) is 0 Å². The number of halogens is 4. The second kappa shape index (κ2) is 4.66. The van der Waals surface area contributed by atoms with Crippen molar-refractivity contribution in [2.45, 2.75) is 18.6 Å². The van der Waals surface area contributed by atoms with Crippen molar-refractivity contribution in [3.8, 4) is 0 Å². The first-order chi connectivity index (χ1) is 7.95. The van der Waals surface area contributed by atoms with Crippen molar-refractivity contribution in [1.29, 1.82) is 0 Å². The lowest BCUT2D eigenvalue weighted by Gasteiger charge is -2.13. The van der Waals surface area contributed by atoms with Gasteiger partial charge in [0, 0.05) is 12.7 Å². The first-order valence-corrected chi connectivity index (χ1v) is 5.29. The summed E-state index contributed by atoms with van der Waals surface area (Å²) < 4.78 is 42.4. The standard InChI is InChI=1S/C9H9ClF3N3O/c10-6-3-7(14-5-1-2-17-4-5)16-8(15-6)9(11,12)13/h3,5H,1-2,4H2,(H,14,15,16). The molecule has 1 aliphatic rings. The normalized spacial score (nSPS) is 20.6. The third-order valence-corrected chi connectivity index (χ3v) is 2.42. The molecular formula is C9H9ClF3N3O. The summed E-state index contributed by atoms with van der Waals surface area (Å²) in [6, 6.07) is 1.22. The molecule has 4 nitrogen and oxygen atoms in total. The van der Waals surface area contributed by atoms with Crippen LogP contribution in [0.1, 0.15) is 12.2 Å². The number of hydrogen-bond acceptors (Lipinski definition) is 4. The van der Waals surface area contributed by atoms with Crippen LogP contribution in [-0.4, -0.2) is 29.2 Å². The van der Waals surface area contributed by atoms with E-state index in [2.05, 4.69) is 15.3 Å². The smallest absolute Gasteiger partial charge is 0.379 e. The van der Waals surface area contributed by atoms with Crippen molar-refractivity contribution in [1.82, 2.24) is 9.97 Å². The summed E-state index contributed by atoms with van der Waals surface area (Å²) in [7, 11) is 0. The Labute approximate surface area is 100 Å². The molecule has 1 aliphatic heterocycles. The zero-order chi connectivity index (χ0) is 12.5. The van der Waals surface area contributed by atoms with Crippen molar-refractivity contribution in [2.75, 3.05) is 18.5 Å². The fourth-order valence-electron chi connectivity index (χ4n) is 1.48. The molecule has 0 aromatic carbocycles. The summed E-state index contributed by atoms with van der Waals surface area (Å²) >= 11 is 5.52. The first-order valence-electron chi connectivity index (χ1n) is 4.91. The number of rotatable bonds is 2. The summed E-state index contributed by atoms with van der Waals surface area (Å²) in [5.41, 5.74) is 0. The third kappa shape index (κ3) is 3.19. The molecule has 8 heteroatoms. The van der Waals surface area contributed by atoms with Crippen LogP contribution in [0.4, 0.5) is 19.0 Å². The largest absolute Gasteiger partial charge is 0.451 e. The van der Waals surface area contributed by atoms with Gasteiger partial charge < -0.3 is 10.1 Å². The molecule has 0 spiro atoms. The summed E-state index contributed by atoms with van der Waals surface area (Å²) in [6.45, 7) is 1.03. The van der Waals surface area contributed by atoms with Crippen LogP contribution in [0, 0.1) is 0 Å². The summed E-state index contributed by atoms with van der Waals surface area (Å²) in [5.74, 6) is -1.18. The minimum absolute atomic E-state index is 0.0398. The number of alkyl halides is 3. The van der Waals surface area contributed by atoms with E-state index in [-0.39, 0.29) is 17.0 Å². The van der Waals surface area contributed by atoms with Crippen molar-refractivity contribution in [3.05, 3.63) is 17.0 Å². The fourth-order valence-corrected chi connectivity index (χ4v) is 1.66. The Bertz CT molecular complexity index is 407. The SMILES string of the molecule is FC(F)(F)c1nc(Cl)cc(NC2CCOC2)n1. The zero-order valence-electron chi connectivity index (χ0n) is 8.59. The van der Waals surface area contributed by atoms with Crippen molar-refractivity contribution in [3.63, 3.8) is 0 Å². The topological polar surface area (TPSA) is 47.0 Å². The second-order valence-electron chi connectivity index (χ2n) is 3.60. The number of aromatic nitrogens is 2. The predicted octanol–water partition coefficient (Wildman–Crippen LogP) is 2.35. The van der Waals surface area contributed by atoms with Gasteiger partial charge in [-0.15, -0.1) is 0 Å². The zero-order valence-corrected chi connectivity index (χ0v) is 9.35. The maximum Gasteiger partial charge on any atom is 0.451 e. The van der Waals surface area contributed by atoms with Crippen LogP contribution in [-0.2, 0) is 10.9 Å². The van der Waals surface area contributed by atoms with Crippen molar-refractivity contribution in [2.24, 2.45) is 0 Å². The molecule has 0 saturated carbocycles. The highest BCUT2D eigenvalue weighted by molar-refractivity contribution is 6.29. The van der Waals surface area contributed by atoms with Gasteiger partial charge in [-0.3, -0.25) is 0 Å². The van der Waals surface area contributed by atoms with E-state index in [1.54, 1.807) is 0 Å². The Morgan fingerprint density at radius 1 is 1.41 bits per heavy atom. The molecule has 94 valence electrons. The van der Waals surface area contributed by atoms with E-state index in [1.807, 2.05) is 0 Å². The van der Waals surface area contributed by atoms with Gasteiger partial charge in [0.25, 0.3) is 0 Å². The first kappa shape index (κ1) is 12.4. The minimum Gasteiger partial charge on any atom is -0.379 e. The van der Waals surface area contributed by atoms with Gasteiger partial charge in [0.15, 0.2) is 0 Å². The molecule has 1 aromatic heterocycles. The number of nitrogens with one attached hydrogen (secondary N) is 1. The number of nitrogens with zero attached hydrogens (tertiary/aromatic N) is 2. The molecule has 1 unspecified atom stereocenters. The van der Waals surface area contributed by atoms with Crippen LogP contribution in [0.5, 0.6) is 0 Å². The Balaban J connectivity index is 2.19. The molecule has 2 rings (SSSR count). The quantitative estimate of drug-likeness (QED) is 0.836. The van der Waals surface area contributed by atoms with E-state index < -0.39 is 12.0 Å². The van der Waals surface area contributed by atoms with E-state index in [4.69, 9.17) is 16.3 Å². The lowest BCUT2D eigenvalue weighted by Crippen LogP contribution is -2.21. The van der Waals surface area contributed by atoms with Gasteiger partial charge >= 0.3 is 6.18 Å². The third-order valence-electron chi connectivity index (χ3n) is 2.23. The fraction of sp³-hybridized carbons (Fsp3) is 0.556. The molecule has 0 aliphatic carbocycles. The molecule has 1 fully saturated rings. The van der Waals surface area contributed by atoms with E-state index in [0.29, 0.717) is 13.2 Å². The van der Waals surface area contributed by atoms with E-state index in [9.17, 15) is 13.2 Å². The molecule has 0 bridgehead atoms. The van der Waals surface area contributed by atoms with Gasteiger partial charge in [0.1, 0.15) is 11.0 Å². The highest BCUT2D eigenvalue weighted by atomic mass is 35.5. The van der Waals surface area contributed by atoms with Gasteiger partial charge in [-0.25, -0.2) is 9.97 Å². The van der Waals surface area contributed by atoms with Crippen molar-refractivity contribution >= 4 is 17.4 Å². The lowest BCUT2D eigenvalue weighted by molar-refractivity contribution is -0.144. The highest BCUT2D eigenvalue weighted by Gasteiger charge is 2.35. The van der Waals surface area contributed by atoms with Crippen LogP contribution < -0.4 is 5.32 Å².